The summed E-state index contributed by atoms with van der Waals surface area (Å²) in [5, 5.41) is 9.85. The molecular formula is C7H12FO2-. The molecule has 2 nitrogen and oxygen atoms in total. The average Bonchev–Trinajstić information content (AvgIpc) is 1.87. The van der Waals surface area contributed by atoms with Crippen LogP contribution in [-0.2, 0) is 4.79 Å². The van der Waals surface area contributed by atoms with E-state index >= 15 is 0 Å². The monoisotopic (exact) mass is 147 g/mol. The minimum Gasteiger partial charge on any atom is -0.550 e. The lowest BCUT2D eigenvalue weighted by Crippen LogP contribution is -2.21. The maximum absolute atomic E-state index is 11.5. The minimum absolute atomic E-state index is 0.103. The summed E-state index contributed by atoms with van der Waals surface area (Å²) in [7, 11) is 0. The first-order chi connectivity index (χ1) is 4.77. The molecule has 0 unspecified atom stereocenters. The van der Waals surface area contributed by atoms with E-state index in [0.717, 1.165) is 12.8 Å². The summed E-state index contributed by atoms with van der Waals surface area (Å²) in [6.45, 7) is -0.300. The fraction of sp³-hybridized carbons (Fsp3) is 0.857. The second-order valence-corrected chi connectivity index (χ2v) is 2.23. The third kappa shape index (κ3) is 7.40. The molecule has 0 saturated carbocycles. The predicted molar refractivity (Wildman–Crippen MR) is 34.1 cm³/mol. The van der Waals surface area contributed by atoms with Crippen LogP contribution >= 0.6 is 0 Å². The summed E-state index contributed by atoms with van der Waals surface area (Å²) in [5.74, 6) is -1.01. The number of halogens is 1. The standard InChI is InChI=1S/C7H13FO2/c8-6-4-2-1-3-5-7(9)10/h1-6H2,(H,9,10)/p-1. The number of hydrogen-bond acceptors (Lipinski definition) is 2. The zero-order valence-corrected chi connectivity index (χ0v) is 5.94. The Kier molecular flexibility index (Phi) is 6.13. The zero-order chi connectivity index (χ0) is 7.82. The highest BCUT2D eigenvalue weighted by Crippen LogP contribution is 2.01. The van der Waals surface area contributed by atoms with E-state index in [9.17, 15) is 14.3 Å². The van der Waals surface area contributed by atoms with Gasteiger partial charge in [-0.2, -0.15) is 0 Å². The number of aliphatic carboxylic acids is 1. The molecule has 0 atom stereocenters. The molecule has 0 bridgehead atoms. The number of carbonyl (C=O) groups is 1. The molecule has 0 aromatic carbocycles. The maximum Gasteiger partial charge on any atom is 0.0894 e. The Balaban J connectivity index is 2.84. The lowest BCUT2D eigenvalue weighted by Gasteiger charge is -1.99. The van der Waals surface area contributed by atoms with Crippen molar-refractivity contribution in [3.05, 3.63) is 0 Å². The van der Waals surface area contributed by atoms with E-state index in [1.165, 1.54) is 0 Å². The molecule has 10 heavy (non-hydrogen) atoms. The highest BCUT2D eigenvalue weighted by Gasteiger charge is 1.89. The van der Waals surface area contributed by atoms with Gasteiger partial charge in [-0.25, -0.2) is 0 Å². The molecular weight excluding hydrogens is 135 g/mol. The van der Waals surface area contributed by atoms with Gasteiger partial charge in [0.15, 0.2) is 0 Å². The fourth-order valence-corrected chi connectivity index (χ4v) is 0.717. The van der Waals surface area contributed by atoms with E-state index in [1.807, 2.05) is 0 Å². The molecule has 0 amide bonds. The van der Waals surface area contributed by atoms with Crippen molar-refractivity contribution >= 4 is 5.97 Å². The van der Waals surface area contributed by atoms with Crippen LogP contribution in [0.2, 0.25) is 0 Å². The summed E-state index contributed by atoms with van der Waals surface area (Å²) < 4.78 is 11.5. The van der Waals surface area contributed by atoms with Gasteiger partial charge in [0.1, 0.15) is 0 Å². The topological polar surface area (TPSA) is 40.1 Å². The molecule has 0 fully saturated rings. The van der Waals surface area contributed by atoms with Crippen molar-refractivity contribution in [2.75, 3.05) is 6.67 Å². The van der Waals surface area contributed by atoms with Gasteiger partial charge < -0.3 is 9.90 Å². The Morgan fingerprint density at radius 2 is 1.80 bits per heavy atom. The van der Waals surface area contributed by atoms with Gasteiger partial charge in [-0.15, -0.1) is 0 Å². The number of rotatable bonds is 6. The Labute approximate surface area is 60.1 Å². The van der Waals surface area contributed by atoms with Crippen LogP contribution in [0.4, 0.5) is 4.39 Å². The van der Waals surface area contributed by atoms with E-state index in [0.29, 0.717) is 12.8 Å². The van der Waals surface area contributed by atoms with Gasteiger partial charge in [-0.1, -0.05) is 12.8 Å². The third-order valence-electron chi connectivity index (χ3n) is 1.26. The quantitative estimate of drug-likeness (QED) is 0.518. The molecule has 0 aliphatic carbocycles. The highest BCUT2D eigenvalue weighted by molar-refractivity contribution is 5.63. The third-order valence-corrected chi connectivity index (χ3v) is 1.26. The molecule has 0 N–H and O–H groups in total. The molecule has 0 aliphatic heterocycles. The van der Waals surface area contributed by atoms with E-state index in [4.69, 9.17) is 0 Å². The summed E-state index contributed by atoms with van der Waals surface area (Å²) in [6, 6.07) is 0. The van der Waals surface area contributed by atoms with Crippen LogP contribution in [-0.4, -0.2) is 12.6 Å². The van der Waals surface area contributed by atoms with Gasteiger partial charge in [0.2, 0.25) is 0 Å². The number of alkyl halides is 1. The molecule has 0 aromatic heterocycles. The molecule has 0 saturated heterocycles. The van der Waals surface area contributed by atoms with Gasteiger partial charge in [0.05, 0.1) is 6.67 Å². The molecule has 0 aromatic rings. The molecule has 0 heterocycles. The summed E-state index contributed by atoms with van der Waals surface area (Å²) in [4.78, 5) is 9.85. The first-order valence-corrected chi connectivity index (χ1v) is 3.53. The van der Waals surface area contributed by atoms with Gasteiger partial charge in [0.25, 0.3) is 0 Å². The molecule has 60 valence electrons. The Bertz CT molecular complexity index is 93.6. The molecule has 0 rings (SSSR count). The molecule has 3 heteroatoms. The van der Waals surface area contributed by atoms with Crippen molar-refractivity contribution in [1.29, 1.82) is 0 Å². The van der Waals surface area contributed by atoms with Gasteiger partial charge in [-0.05, 0) is 19.3 Å². The molecule has 0 radical (unpaired) electrons. The lowest BCUT2D eigenvalue weighted by atomic mass is 10.1. The first-order valence-electron chi connectivity index (χ1n) is 3.53. The van der Waals surface area contributed by atoms with Crippen LogP contribution < -0.4 is 5.11 Å². The van der Waals surface area contributed by atoms with Gasteiger partial charge in [-0.3, -0.25) is 4.39 Å². The first kappa shape index (κ1) is 9.40. The number of unbranched alkanes of at least 4 members (excludes halogenated alkanes) is 3. The van der Waals surface area contributed by atoms with Crippen LogP contribution in [0.15, 0.2) is 0 Å². The van der Waals surface area contributed by atoms with Crippen molar-refractivity contribution in [3.63, 3.8) is 0 Å². The van der Waals surface area contributed by atoms with Crippen molar-refractivity contribution in [2.45, 2.75) is 32.1 Å². The number of carboxylic acids is 1. The van der Waals surface area contributed by atoms with E-state index in [-0.39, 0.29) is 13.1 Å². The minimum atomic E-state index is -1.01. The van der Waals surface area contributed by atoms with E-state index < -0.39 is 5.97 Å². The van der Waals surface area contributed by atoms with E-state index in [1.54, 1.807) is 0 Å². The van der Waals surface area contributed by atoms with Crippen LogP contribution in [0.1, 0.15) is 32.1 Å². The maximum atomic E-state index is 11.5. The van der Waals surface area contributed by atoms with Crippen LogP contribution in [0.3, 0.4) is 0 Å². The SMILES string of the molecule is O=C([O-])CCCCCCF. The average molecular weight is 147 g/mol. The second-order valence-electron chi connectivity index (χ2n) is 2.23. The van der Waals surface area contributed by atoms with Crippen molar-refractivity contribution in [2.24, 2.45) is 0 Å². The number of hydrogen-bond donors (Lipinski definition) is 0. The lowest BCUT2D eigenvalue weighted by molar-refractivity contribution is -0.305. The Hall–Kier alpha value is -0.600. The smallest absolute Gasteiger partial charge is 0.0894 e. The van der Waals surface area contributed by atoms with Crippen LogP contribution in [0.25, 0.3) is 0 Å². The van der Waals surface area contributed by atoms with Gasteiger partial charge in [0, 0.05) is 5.97 Å². The zero-order valence-electron chi connectivity index (χ0n) is 5.94. The van der Waals surface area contributed by atoms with Crippen LogP contribution in [0, 0.1) is 0 Å². The van der Waals surface area contributed by atoms with E-state index in [2.05, 4.69) is 0 Å². The molecule has 0 aliphatic rings. The fourth-order valence-electron chi connectivity index (χ4n) is 0.717. The largest absolute Gasteiger partial charge is 0.550 e. The van der Waals surface area contributed by atoms with Crippen molar-refractivity contribution < 1.29 is 14.3 Å². The summed E-state index contributed by atoms with van der Waals surface area (Å²) in [6.07, 6.45) is 2.84. The van der Waals surface area contributed by atoms with Gasteiger partial charge >= 0.3 is 0 Å². The second kappa shape index (κ2) is 6.52. The van der Waals surface area contributed by atoms with Crippen molar-refractivity contribution in [1.82, 2.24) is 0 Å². The highest BCUT2D eigenvalue weighted by atomic mass is 19.1. The molecule has 0 spiro atoms. The normalized spacial score (nSPS) is 9.70. The summed E-state index contributed by atoms with van der Waals surface area (Å²) in [5.41, 5.74) is 0. The number of carboxylic acid groups (broad SMARTS) is 1. The number of carbonyl (C=O) groups excluding carboxylic acids is 1. The van der Waals surface area contributed by atoms with Crippen LogP contribution in [0.5, 0.6) is 0 Å². The summed E-state index contributed by atoms with van der Waals surface area (Å²) >= 11 is 0. The predicted octanol–water partition coefficient (Wildman–Crippen LogP) is 0.656. The van der Waals surface area contributed by atoms with Crippen molar-refractivity contribution in [3.8, 4) is 0 Å². The Morgan fingerprint density at radius 1 is 1.20 bits per heavy atom. The Morgan fingerprint density at radius 3 is 2.30 bits per heavy atom.